The van der Waals surface area contributed by atoms with Crippen molar-refractivity contribution in [3.63, 3.8) is 0 Å². The standard InChI is InChI=1S/C14H17N3O2S/c1-4-17(5-2)14(18)13-12(15-16-20-13)10-7-6-8-11(9-10)19-3/h6-9H,4-5H2,1-3H3. The molecule has 20 heavy (non-hydrogen) atoms. The van der Waals surface area contributed by atoms with E-state index in [9.17, 15) is 4.79 Å². The molecule has 0 atom stereocenters. The van der Waals surface area contributed by atoms with E-state index >= 15 is 0 Å². The molecule has 1 heterocycles. The molecule has 0 aliphatic heterocycles. The first kappa shape index (κ1) is 14.5. The molecule has 0 bridgehead atoms. The molecule has 0 fully saturated rings. The van der Waals surface area contributed by atoms with Gasteiger partial charge in [0.25, 0.3) is 5.91 Å². The molecule has 0 radical (unpaired) electrons. The highest BCUT2D eigenvalue weighted by molar-refractivity contribution is 7.08. The minimum absolute atomic E-state index is 0.0252. The number of aromatic nitrogens is 2. The predicted molar refractivity (Wildman–Crippen MR) is 79.1 cm³/mol. The first-order chi connectivity index (χ1) is 9.71. The van der Waals surface area contributed by atoms with E-state index in [-0.39, 0.29) is 5.91 Å². The summed E-state index contributed by atoms with van der Waals surface area (Å²) in [5.74, 6) is 0.708. The minimum Gasteiger partial charge on any atom is -0.497 e. The fourth-order valence-corrected chi connectivity index (χ4v) is 2.60. The summed E-state index contributed by atoms with van der Waals surface area (Å²) >= 11 is 1.13. The van der Waals surface area contributed by atoms with Gasteiger partial charge in [-0.15, -0.1) is 5.10 Å². The molecule has 0 aliphatic rings. The van der Waals surface area contributed by atoms with Gasteiger partial charge in [0, 0.05) is 18.7 Å². The van der Waals surface area contributed by atoms with Crippen LogP contribution in [0, 0.1) is 0 Å². The van der Waals surface area contributed by atoms with Crippen LogP contribution in [0.2, 0.25) is 0 Å². The van der Waals surface area contributed by atoms with Gasteiger partial charge in [0.15, 0.2) is 0 Å². The van der Waals surface area contributed by atoms with Gasteiger partial charge in [0.1, 0.15) is 16.3 Å². The van der Waals surface area contributed by atoms with Crippen LogP contribution in [0.5, 0.6) is 5.75 Å². The van der Waals surface area contributed by atoms with E-state index in [0.29, 0.717) is 23.7 Å². The zero-order chi connectivity index (χ0) is 14.5. The number of hydrogen-bond acceptors (Lipinski definition) is 5. The van der Waals surface area contributed by atoms with Gasteiger partial charge in [-0.05, 0) is 37.5 Å². The minimum atomic E-state index is -0.0252. The van der Waals surface area contributed by atoms with Gasteiger partial charge in [0.2, 0.25) is 0 Å². The van der Waals surface area contributed by atoms with Crippen LogP contribution in [0.4, 0.5) is 0 Å². The molecule has 2 rings (SSSR count). The molecule has 0 unspecified atom stereocenters. The zero-order valence-electron chi connectivity index (χ0n) is 11.8. The normalized spacial score (nSPS) is 10.3. The van der Waals surface area contributed by atoms with E-state index in [4.69, 9.17) is 4.74 Å². The van der Waals surface area contributed by atoms with Crippen LogP contribution >= 0.6 is 11.5 Å². The maximum atomic E-state index is 12.4. The Morgan fingerprint density at radius 1 is 1.35 bits per heavy atom. The van der Waals surface area contributed by atoms with Crippen LogP contribution in [0.3, 0.4) is 0 Å². The Morgan fingerprint density at radius 3 is 2.75 bits per heavy atom. The lowest BCUT2D eigenvalue weighted by atomic mass is 10.1. The van der Waals surface area contributed by atoms with Crippen molar-refractivity contribution in [3.05, 3.63) is 29.1 Å². The fourth-order valence-electron chi connectivity index (χ4n) is 1.94. The van der Waals surface area contributed by atoms with Crippen molar-refractivity contribution in [2.75, 3.05) is 20.2 Å². The molecule has 1 amide bonds. The van der Waals surface area contributed by atoms with Crippen molar-refractivity contribution in [1.29, 1.82) is 0 Å². The predicted octanol–water partition coefficient (Wildman–Crippen LogP) is 2.70. The van der Waals surface area contributed by atoms with E-state index in [1.54, 1.807) is 12.0 Å². The summed E-state index contributed by atoms with van der Waals surface area (Å²) < 4.78 is 9.13. The second-order valence-corrected chi connectivity index (χ2v) is 4.91. The maximum Gasteiger partial charge on any atom is 0.267 e. The Labute approximate surface area is 122 Å². The topological polar surface area (TPSA) is 55.3 Å². The lowest BCUT2D eigenvalue weighted by molar-refractivity contribution is 0.0778. The largest absolute Gasteiger partial charge is 0.497 e. The van der Waals surface area contributed by atoms with Crippen molar-refractivity contribution in [2.24, 2.45) is 0 Å². The zero-order valence-corrected chi connectivity index (χ0v) is 12.6. The highest BCUT2D eigenvalue weighted by Gasteiger charge is 2.21. The van der Waals surface area contributed by atoms with E-state index in [1.807, 2.05) is 38.1 Å². The number of methoxy groups -OCH3 is 1. The van der Waals surface area contributed by atoms with Gasteiger partial charge in [-0.2, -0.15) is 0 Å². The highest BCUT2D eigenvalue weighted by atomic mass is 32.1. The molecule has 1 aromatic heterocycles. The summed E-state index contributed by atoms with van der Waals surface area (Å²) in [6, 6.07) is 7.49. The number of ether oxygens (including phenoxy) is 1. The third kappa shape index (κ3) is 2.80. The Balaban J connectivity index is 2.39. The van der Waals surface area contributed by atoms with E-state index < -0.39 is 0 Å². The number of carbonyl (C=O) groups is 1. The average Bonchev–Trinajstić information content (AvgIpc) is 2.98. The Kier molecular flexibility index (Phi) is 4.68. The molecule has 0 N–H and O–H groups in total. The number of benzene rings is 1. The fraction of sp³-hybridized carbons (Fsp3) is 0.357. The number of rotatable bonds is 5. The molecule has 2 aromatic rings. The van der Waals surface area contributed by atoms with Crippen LogP contribution in [0.1, 0.15) is 23.5 Å². The summed E-state index contributed by atoms with van der Waals surface area (Å²) in [4.78, 5) is 14.8. The summed E-state index contributed by atoms with van der Waals surface area (Å²) in [5.41, 5.74) is 1.46. The van der Waals surface area contributed by atoms with Crippen molar-refractivity contribution in [3.8, 4) is 17.0 Å². The van der Waals surface area contributed by atoms with E-state index in [0.717, 1.165) is 22.8 Å². The average molecular weight is 291 g/mol. The Hall–Kier alpha value is -1.95. The van der Waals surface area contributed by atoms with Crippen molar-refractivity contribution >= 4 is 17.4 Å². The van der Waals surface area contributed by atoms with Crippen molar-refractivity contribution < 1.29 is 9.53 Å². The van der Waals surface area contributed by atoms with Crippen LogP contribution in [-0.2, 0) is 0 Å². The van der Waals surface area contributed by atoms with Gasteiger partial charge in [-0.25, -0.2) is 0 Å². The Bertz CT molecular complexity index is 594. The van der Waals surface area contributed by atoms with E-state index in [2.05, 4.69) is 9.59 Å². The van der Waals surface area contributed by atoms with Crippen LogP contribution in [-0.4, -0.2) is 40.6 Å². The molecule has 6 heteroatoms. The van der Waals surface area contributed by atoms with Gasteiger partial charge in [-0.1, -0.05) is 16.6 Å². The molecular formula is C14H17N3O2S. The molecule has 106 valence electrons. The first-order valence-electron chi connectivity index (χ1n) is 6.47. The first-order valence-corrected chi connectivity index (χ1v) is 7.24. The molecule has 0 saturated heterocycles. The maximum absolute atomic E-state index is 12.4. The Morgan fingerprint density at radius 2 is 2.10 bits per heavy atom. The lowest BCUT2D eigenvalue weighted by Crippen LogP contribution is -2.30. The van der Waals surface area contributed by atoms with E-state index in [1.165, 1.54) is 0 Å². The SMILES string of the molecule is CCN(CC)C(=O)c1snnc1-c1cccc(OC)c1. The number of carbonyl (C=O) groups excluding carboxylic acids is 1. The van der Waals surface area contributed by atoms with Gasteiger partial charge >= 0.3 is 0 Å². The van der Waals surface area contributed by atoms with Crippen molar-refractivity contribution in [1.82, 2.24) is 14.5 Å². The summed E-state index contributed by atoms with van der Waals surface area (Å²) in [5, 5.41) is 4.10. The van der Waals surface area contributed by atoms with Gasteiger partial charge < -0.3 is 9.64 Å². The molecule has 0 aliphatic carbocycles. The molecule has 0 spiro atoms. The summed E-state index contributed by atoms with van der Waals surface area (Å²) in [6.45, 7) is 5.26. The second-order valence-electron chi connectivity index (χ2n) is 4.16. The smallest absolute Gasteiger partial charge is 0.267 e. The lowest BCUT2D eigenvalue weighted by Gasteiger charge is -2.17. The third-order valence-corrected chi connectivity index (χ3v) is 3.79. The van der Waals surface area contributed by atoms with Crippen LogP contribution < -0.4 is 4.74 Å². The molecular weight excluding hydrogens is 274 g/mol. The van der Waals surface area contributed by atoms with Gasteiger partial charge in [0.05, 0.1) is 7.11 Å². The highest BCUT2D eigenvalue weighted by Crippen LogP contribution is 2.27. The second kappa shape index (κ2) is 6.47. The number of nitrogens with zero attached hydrogens (tertiary/aromatic N) is 3. The molecule has 0 saturated carbocycles. The third-order valence-electron chi connectivity index (χ3n) is 3.08. The summed E-state index contributed by atoms with van der Waals surface area (Å²) in [6.07, 6.45) is 0. The number of hydrogen-bond donors (Lipinski definition) is 0. The quantitative estimate of drug-likeness (QED) is 0.850. The molecule has 1 aromatic carbocycles. The monoisotopic (exact) mass is 291 g/mol. The number of amides is 1. The van der Waals surface area contributed by atoms with Crippen LogP contribution in [0.25, 0.3) is 11.3 Å². The van der Waals surface area contributed by atoms with Crippen LogP contribution in [0.15, 0.2) is 24.3 Å². The molecule has 5 nitrogen and oxygen atoms in total. The summed E-state index contributed by atoms with van der Waals surface area (Å²) in [7, 11) is 1.61. The van der Waals surface area contributed by atoms with Crippen molar-refractivity contribution in [2.45, 2.75) is 13.8 Å². The van der Waals surface area contributed by atoms with Gasteiger partial charge in [-0.3, -0.25) is 4.79 Å².